The molecule has 158 valence electrons. The fraction of sp³-hybridized carbons (Fsp3) is 0.0909. The van der Waals surface area contributed by atoms with Crippen molar-refractivity contribution in [2.75, 3.05) is 19.7 Å². The minimum absolute atomic E-state index is 0.294. The molecule has 0 aliphatic heterocycles. The Balaban J connectivity index is 1.57. The third-order valence-corrected chi connectivity index (χ3v) is 4.62. The normalized spacial score (nSPS) is 10.5. The van der Waals surface area contributed by atoms with Gasteiger partial charge in [-0.25, -0.2) is 10.3 Å². The SMILES string of the molecule is COc1ccc(C(=O)ONc2ccc(N=NC(=O)c3ccc(Br)cc3)cc2)cc1OC. The van der Waals surface area contributed by atoms with Crippen LogP contribution in [0.25, 0.3) is 0 Å². The van der Waals surface area contributed by atoms with Crippen molar-refractivity contribution < 1.29 is 23.9 Å². The molecule has 3 rings (SSSR count). The first-order valence-corrected chi connectivity index (χ1v) is 9.80. The van der Waals surface area contributed by atoms with E-state index < -0.39 is 11.9 Å². The van der Waals surface area contributed by atoms with Crippen molar-refractivity contribution in [2.24, 2.45) is 10.2 Å². The van der Waals surface area contributed by atoms with Crippen LogP contribution in [0.1, 0.15) is 20.7 Å². The van der Waals surface area contributed by atoms with Gasteiger partial charge in [-0.2, -0.15) is 0 Å². The number of methoxy groups -OCH3 is 2. The van der Waals surface area contributed by atoms with Gasteiger partial charge in [0.05, 0.1) is 31.2 Å². The molecule has 3 aromatic carbocycles. The summed E-state index contributed by atoms with van der Waals surface area (Å²) in [6.45, 7) is 0. The molecule has 0 aromatic heterocycles. The Labute approximate surface area is 186 Å². The molecule has 8 nitrogen and oxygen atoms in total. The van der Waals surface area contributed by atoms with Gasteiger partial charge in [-0.15, -0.1) is 10.2 Å². The summed E-state index contributed by atoms with van der Waals surface area (Å²) in [5.74, 6) is -0.108. The Morgan fingerprint density at radius 3 is 2.13 bits per heavy atom. The van der Waals surface area contributed by atoms with Crippen molar-refractivity contribution in [2.45, 2.75) is 0 Å². The summed E-state index contributed by atoms with van der Waals surface area (Å²) in [5, 5.41) is 7.64. The number of nitrogens with one attached hydrogen (secondary N) is 1. The molecule has 0 saturated heterocycles. The predicted octanol–water partition coefficient (Wildman–Crippen LogP) is 5.57. The number of hydrogen-bond acceptors (Lipinski definition) is 7. The van der Waals surface area contributed by atoms with Gasteiger partial charge in [-0.1, -0.05) is 15.9 Å². The maximum atomic E-state index is 12.2. The number of ether oxygens (including phenoxy) is 2. The molecular weight excluding hydrogens is 466 g/mol. The van der Waals surface area contributed by atoms with Crippen LogP contribution < -0.4 is 15.0 Å². The number of halogens is 1. The quantitative estimate of drug-likeness (QED) is 0.348. The van der Waals surface area contributed by atoms with Gasteiger partial charge >= 0.3 is 5.97 Å². The van der Waals surface area contributed by atoms with Crippen LogP contribution in [0.15, 0.2) is 81.4 Å². The Hall–Kier alpha value is -3.72. The second-order valence-corrected chi connectivity index (χ2v) is 7.04. The number of anilines is 1. The molecule has 31 heavy (non-hydrogen) atoms. The van der Waals surface area contributed by atoms with Gasteiger partial charge in [-0.05, 0) is 66.7 Å². The van der Waals surface area contributed by atoms with Crippen molar-refractivity contribution in [3.8, 4) is 11.5 Å². The van der Waals surface area contributed by atoms with Crippen molar-refractivity contribution >= 4 is 39.2 Å². The molecule has 0 fully saturated rings. The van der Waals surface area contributed by atoms with Crippen LogP contribution in [0, 0.1) is 0 Å². The Morgan fingerprint density at radius 1 is 0.839 bits per heavy atom. The Morgan fingerprint density at radius 2 is 1.48 bits per heavy atom. The van der Waals surface area contributed by atoms with Gasteiger partial charge in [-0.3, -0.25) is 4.79 Å². The third-order valence-electron chi connectivity index (χ3n) is 4.10. The van der Waals surface area contributed by atoms with Crippen LogP contribution in [-0.4, -0.2) is 26.1 Å². The maximum Gasteiger partial charge on any atom is 0.362 e. The van der Waals surface area contributed by atoms with Crippen LogP contribution in [0.2, 0.25) is 0 Å². The first-order valence-electron chi connectivity index (χ1n) is 9.01. The zero-order chi connectivity index (χ0) is 22.2. The summed E-state index contributed by atoms with van der Waals surface area (Å²) in [5.41, 5.74) is 4.29. The number of carbonyl (C=O) groups excluding carboxylic acids is 2. The highest BCUT2D eigenvalue weighted by Crippen LogP contribution is 2.28. The van der Waals surface area contributed by atoms with Gasteiger partial charge in [0, 0.05) is 10.0 Å². The molecule has 9 heteroatoms. The summed E-state index contributed by atoms with van der Waals surface area (Å²) < 4.78 is 11.2. The summed E-state index contributed by atoms with van der Waals surface area (Å²) in [4.78, 5) is 29.4. The highest BCUT2D eigenvalue weighted by molar-refractivity contribution is 9.10. The number of nitrogens with zero attached hydrogens (tertiary/aromatic N) is 2. The summed E-state index contributed by atoms with van der Waals surface area (Å²) in [6.07, 6.45) is 0. The van der Waals surface area contributed by atoms with E-state index in [1.54, 1.807) is 60.7 Å². The average molecular weight is 484 g/mol. The predicted molar refractivity (Wildman–Crippen MR) is 118 cm³/mol. The molecule has 3 aromatic rings. The molecule has 0 atom stereocenters. The summed E-state index contributed by atoms with van der Waals surface area (Å²) >= 11 is 3.31. The van der Waals surface area contributed by atoms with Crippen LogP contribution in [-0.2, 0) is 4.84 Å². The lowest BCUT2D eigenvalue weighted by Gasteiger charge is -2.10. The van der Waals surface area contributed by atoms with E-state index in [4.69, 9.17) is 14.3 Å². The average Bonchev–Trinajstić information content (AvgIpc) is 2.81. The molecule has 0 aliphatic carbocycles. The van der Waals surface area contributed by atoms with E-state index in [1.165, 1.54) is 20.3 Å². The van der Waals surface area contributed by atoms with Crippen LogP contribution in [0.3, 0.4) is 0 Å². The van der Waals surface area contributed by atoms with E-state index in [1.807, 2.05) is 0 Å². The zero-order valence-electron chi connectivity index (χ0n) is 16.7. The molecule has 1 amide bonds. The van der Waals surface area contributed by atoms with Crippen LogP contribution in [0.5, 0.6) is 11.5 Å². The number of benzene rings is 3. The molecular formula is C22H18BrN3O5. The van der Waals surface area contributed by atoms with Gasteiger partial charge < -0.3 is 14.3 Å². The highest BCUT2D eigenvalue weighted by Gasteiger charge is 2.12. The van der Waals surface area contributed by atoms with Crippen molar-refractivity contribution in [3.05, 3.63) is 82.3 Å². The summed E-state index contributed by atoms with van der Waals surface area (Å²) in [6, 6.07) is 18.1. The first kappa shape index (κ1) is 22.0. The van der Waals surface area contributed by atoms with E-state index in [-0.39, 0.29) is 0 Å². The minimum atomic E-state index is -0.593. The van der Waals surface area contributed by atoms with E-state index in [2.05, 4.69) is 31.6 Å². The van der Waals surface area contributed by atoms with Gasteiger partial charge in [0.1, 0.15) is 0 Å². The topological polar surface area (TPSA) is 98.6 Å². The lowest BCUT2D eigenvalue weighted by atomic mass is 10.2. The maximum absolute atomic E-state index is 12.2. The fourth-order valence-corrected chi connectivity index (χ4v) is 2.74. The smallest absolute Gasteiger partial charge is 0.362 e. The van der Waals surface area contributed by atoms with Crippen molar-refractivity contribution in [1.82, 2.24) is 0 Å². The molecule has 0 aliphatic rings. The number of carbonyl (C=O) groups is 2. The first-order chi connectivity index (χ1) is 15.0. The monoisotopic (exact) mass is 483 g/mol. The van der Waals surface area contributed by atoms with Crippen molar-refractivity contribution in [3.63, 3.8) is 0 Å². The molecule has 0 saturated carbocycles. The standard InChI is InChI=1S/C22H18BrN3O5/c1-29-19-12-5-15(13-20(19)30-2)22(28)31-26-18-10-8-17(9-11-18)24-25-21(27)14-3-6-16(23)7-4-14/h3-13,26H,1-2H3. The fourth-order valence-electron chi connectivity index (χ4n) is 2.48. The lowest BCUT2D eigenvalue weighted by molar-refractivity contribution is 0.0596. The van der Waals surface area contributed by atoms with E-state index in [0.717, 1.165) is 4.47 Å². The summed E-state index contributed by atoms with van der Waals surface area (Å²) in [7, 11) is 2.99. The third kappa shape index (κ3) is 5.89. The Kier molecular flexibility index (Phi) is 7.34. The number of rotatable bonds is 7. The number of hydrogen-bond donors (Lipinski definition) is 1. The molecule has 0 heterocycles. The second-order valence-electron chi connectivity index (χ2n) is 6.12. The van der Waals surface area contributed by atoms with Gasteiger partial charge in [0.2, 0.25) is 0 Å². The van der Waals surface area contributed by atoms with Gasteiger partial charge in [0.25, 0.3) is 5.91 Å². The number of azo groups is 1. The Bertz CT molecular complexity index is 1100. The highest BCUT2D eigenvalue weighted by atomic mass is 79.9. The van der Waals surface area contributed by atoms with Crippen molar-refractivity contribution in [1.29, 1.82) is 0 Å². The molecule has 0 unspecified atom stereocenters. The largest absolute Gasteiger partial charge is 0.493 e. The molecule has 0 radical (unpaired) electrons. The molecule has 0 bridgehead atoms. The van der Waals surface area contributed by atoms with Crippen LogP contribution >= 0.6 is 15.9 Å². The van der Waals surface area contributed by atoms with E-state index in [9.17, 15) is 9.59 Å². The number of amides is 1. The molecule has 0 spiro atoms. The minimum Gasteiger partial charge on any atom is -0.493 e. The van der Waals surface area contributed by atoms with E-state index in [0.29, 0.717) is 34.0 Å². The lowest BCUT2D eigenvalue weighted by Crippen LogP contribution is -2.11. The van der Waals surface area contributed by atoms with Gasteiger partial charge in [0.15, 0.2) is 11.5 Å². The molecule has 1 N–H and O–H groups in total. The van der Waals surface area contributed by atoms with E-state index >= 15 is 0 Å². The zero-order valence-corrected chi connectivity index (χ0v) is 18.3. The second kappa shape index (κ2) is 10.4. The van der Waals surface area contributed by atoms with Crippen LogP contribution in [0.4, 0.5) is 11.4 Å².